The predicted octanol–water partition coefficient (Wildman–Crippen LogP) is 0.130. The second-order valence-electron chi connectivity index (χ2n) is 4.35. The van der Waals surface area contributed by atoms with E-state index in [1.165, 1.54) is 0 Å². The molecule has 7 heteroatoms. The minimum Gasteiger partial charge on any atom is -0.478 e. The number of rotatable bonds is 6. The molecule has 1 aromatic rings. The summed E-state index contributed by atoms with van der Waals surface area (Å²) in [7, 11) is 0. The molecule has 1 unspecified atom stereocenters. The van der Waals surface area contributed by atoms with Crippen LogP contribution in [0.25, 0.3) is 0 Å². The van der Waals surface area contributed by atoms with Crippen molar-refractivity contribution in [1.29, 1.82) is 0 Å². The molecule has 18 heavy (non-hydrogen) atoms. The van der Waals surface area contributed by atoms with Crippen molar-refractivity contribution in [2.75, 3.05) is 0 Å². The summed E-state index contributed by atoms with van der Waals surface area (Å²) in [5.74, 6) is -0.967. The summed E-state index contributed by atoms with van der Waals surface area (Å²) >= 11 is 0. The molecule has 7 nitrogen and oxygen atoms in total. The van der Waals surface area contributed by atoms with Crippen LogP contribution in [0.1, 0.15) is 35.9 Å². The molecular formula is C11H15N3O4. The Bertz CT molecular complexity index is 453. The number of amides is 1. The second kappa shape index (κ2) is 5.18. The number of aromatic carboxylic acids is 1. The highest BCUT2D eigenvalue weighted by atomic mass is 16.5. The van der Waals surface area contributed by atoms with Crippen molar-refractivity contribution in [3.63, 3.8) is 0 Å². The van der Waals surface area contributed by atoms with E-state index in [1.54, 1.807) is 6.92 Å². The van der Waals surface area contributed by atoms with Crippen LogP contribution in [-0.2, 0) is 11.3 Å². The van der Waals surface area contributed by atoms with E-state index in [2.05, 4.69) is 15.8 Å². The molecule has 98 valence electrons. The van der Waals surface area contributed by atoms with Crippen LogP contribution in [0.2, 0.25) is 0 Å². The summed E-state index contributed by atoms with van der Waals surface area (Å²) < 4.78 is 4.82. The lowest BCUT2D eigenvalue weighted by Crippen LogP contribution is -2.42. The summed E-state index contributed by atoms with van der Waals surface area (Å²) in [5.41, 5.74) is 0.0114. The molecule has 1 aromatic heterocycles. The lowest BCUT2D eigenvalue weighted by atomic mass is 10.2. The molecule has 1 saturated carbocycles. The van der Waals surface area contributed by atoms with Gasteiger partial charge in [-0.1, -0.05) is 5.16 Å². The number of hydrogen-bond acceptors (Lipinski definition) is 5. The molecule has 0 spiro atoms. The molecular weight excluding hydrogens is 238 g/mol. The van der Waals surface area contributed by atoms with Crippen LogP contribution >= 0.6 is 0 Å². The predicted molar refractivity (Wildman–Crippen MR) is 60.9 cm³/mol. The Morgan fingerprint density at radius 2 is 2.33 bits per heavy atom. The number of nitrogens with one attached hydrogen (secondary N) is 2. The molecule has 1 aliphatic rings. The number of carboxylic acid groups (broad SMARTS) is 1. The van der Waals surface area contributed by atoms with Gasteiger partial charge in [-0.3, -0.25) is 10.1 Å². The van der Waals surface area contributed by atoms with Crippen LogP contribution in [0.4, 0.5) is 0 Å². The Labute approximate surface area is 104 Å². The number of carbonyl (C=O) groups excluding carboxylic acids is 1. The molecule has 0 radical (unpaired) electrons. The van der Waals surface area contributed by atoms with Gasteiger partial charge in [-0.25, -0.2) is 4.79 Å². The third-order valence-electron chi connectivity index (χ3n) is 2.76. The first-order valence-corrected chi connectivity index (χ1v) is 5.78. The smallest absolute Gasteiger partial charge is 0.341 e. The van der Waals surface area contributed by atoms with Gasteiger partial charge in [0.2, 0.25) is 5.91 Å². The Kier molecular flexibility index (Phi) is 3.61. The van der Waals surface area contributed by atoms with Crippen molar-refractivity contribution in [2.45, 2.75) is 38.4 Å². The molecule has 1 fully saturated rings. The molecule has 3 N–H and O–H groups in total. The van der Waals surface area contributed by atoms with Crippen LogP contribution in [0.5, 0.6) is 0 Å². The van der Waals surface area contributed by atoms with Crippen molar-refractivity contribution >= 4 is 11.9 Å². The topological polar surface area (TPSA) is 104 Å². The largest absolute Gasteiger partial charge is 0.478 e. The van der Waals surface area contributed by atoms with Crippen molar-refractivity contribution < 1.29 is 19.2 Å². The fourth-order valence-electron chi connectivity index (χ4n) is 1.46. The van der Waals surface area contributed by atoms with E-state index in [4.69, 9.17) is 9.63 Å². The van der Waals surface area contributed by atoms with Gasteiger partial charge in [-0.15, -0.1) is 0 Å². The SMILES string of the molecule is CC(NCc1oncc1C(=O)O)C(=O)NC1CC1. The van der Waals surface area contributed by atoms with Gasteiger partial charge in [0.1, 0.15) is 5.56 Å². The molecule has 1 heterocycles. The highest BCUT2D eigenvalue weighted by molar-refractivity contribution is 5.88. The second-order valence-corrected chi connectivity index (χ2v) is 4.35. The lowest BCUT2D eigenvalue weighted by molar-refractivity contribution is -0.122. The fraction of sp³-hybridized carbons (Fsp3) is 0.545. The van der Waals surface area contributed by atoms with Gasteiger partial charge in [-0.2, -0.15) is 0 Å². The van der Waals surface area contributed by atoms with Crippen molar-refractivity contribution in [3.05, 3.63) is 17.5 Å². The monoisotopic (exact) mass is 253 g/mol. The van der Waals surface area contributed by atoms with E-state index >= 15 is 0 Å². The van der Waals surface area contributed by atoms with E-state index in [9.17, 15) is 9.59 Å². The Hall–Kier alpha value is -1.89. The average molecular weight is 253 g/mol. The zero-order valence-corrected chi connectivity index (χ0v) is 9.97. The molecule has 2 rings (SSSR count). The van der Waals surface area contributed by atoms with Crippen molar-refractivity contribution in [3.8, 4) is 0 Å². The van der Waals surface area contributed by atoms with Gasteiger partial charge in [0.05, 0.1) is 18.8 Å². The van der Waals surface area contributed by atoms with Crippen molar-refractivity contribution in [1.82, 2.24) is 15.8 Å². The third kappa shape index (κ3) is 3.07. The number of nitrogens with zero attached hydrogens (tertiary/aromatic N) is 1. The minimum absolute atomic E-state index is 0.0114. The molecule has 0 aliphatic heterocycles. The average Bonchev–Trinajstić information content (AvgIpc) is 3.00. The van der Waals surface area contributed by atoms with E-state index in [-0.39, 0.29) is 23.8 Å². The summed E-state index contributed by atoms with van der Waals surface area (Å²) in [4.78, 5) is 22.4. The molecule has 1 amide bonds. The third-order valence-corrected chi connectivity index (χ3v) is 2.76. The number of carboxylic acids is 1. The summed E-state index contributed by atoms with van der Waals surface area (Å²) in [6.07, 6.45) is 3.21. The fourth-order valence-corrected chi connectivity index (χ4v) is 1.46. The van der Waals surface area contributed by atoms with Crippen LogP contribution in [-0.4, -0.2) is 34.2 Å². The first-order chi connectivity index (χ1) is 8.58. The maximum absolute atomic E-state index is 11.6. The van der Waals surface area contributed by atoms with Gasteiger partial charge in [0, 0.05) is 6.04 Å². The normalized spacial score (nSPS) is 16.3. The van der Waals surface area contributed by atoms with Crippen LogP contribution in [0.15, 0.2) is 10.7 Å². The van der Waals surface area contributed by atoms with Crippen LogP contribution in [0, 0.1) is 0 Å². The minimum atomic E-state index is -1.09. The lowest BCUT2D eigenvalue weighted by Gasteiger charge is -2.12. The van der Waals surface area contributed by atoms with Crippen molar-refractivity contribution in [2.24, 2.45) is 0 Å². The van der Waals surface area contributed by atoms with Gasteiger partial charge in [0.25, 0.3) is 0 Å². The zero-order valence-electron chi connectivity index (χ0n) is 9.97. The molecule has 0 saturated heterocycles. The zero-order chi connectivity index (χ0) is 13.1. The summed E-state index contributed by atoms with van der Waals surface area (Å²) in [5, 5.41) is 18.0. The Balaban J connectivity index is 1.84. The number of carbonyl (C=O) groups is 2. The van der Waals surface area contributed by atoms with E-state index in [0.717, 1.165) is 19.0 Å². The van der Waals surface area contributed by atoms with Gasteiger partial charge < -0.3 is 14.9 Å². The Morgan fingerprint density at radius 3 is 2.94 bits per heavy atom. The number of aromatic nitrogens is 1. The Morgan fingerprint density at radius 1 is 1.61 bits per heavy atom. The molecule has 1 aliphatic carbocycles. The first-order valence-electron chi connectivity index (χ1n) is 5.78. The quantitative estimate of drug-likeness (QED) is 0.665. The van der Waals surface area contributed by atoms with Crippen LogP contribution < -0.4 is 10.6 Å². The maximum atomic E-state index is 11.6. The maximum Gasteiger partial charge on any atom is 0.341 e. The summed E-state index contributed by atoms with van der Waals surface area (Å²) in [6.45, 7) is 1.87. The van der Waals surface area contributed by atoms with Crippen LogP contribution in [0.3, 0.4) is 0 Å². The molecule has 0 aromatic carbocycles. The number of hydrogen-bond donors (Lipinski definition) is 3. The first kappa shape index (κ1) is 12.6. The standard InChI is InChI=1S/C11H15N3O4/c1-6(10(15)14-7-2-3-7)12-5-9-8(11(16)17)4-13-18-9/h4,6-7,12H,2-3,5H2,1H3,(H,14,15)(H,16,17). The van der Waals surface area contributed by atoms with Gasteiger partial charge >= 0.3 is 5.97 Å². The highest BCUT2D eigenvalue weighted by Gasteiger charge is 2.25. The van der Waals surface area contributed by atoms with E-state index < -0.39 is 12.0 Å². The van der Waals surface area contributed by atoms with E-state index in [1.807, 2.05) is 0 Å². The molecule has 0 bridgehead atoms. The highest BCUT2D eigenvalue weighted by Crippen LogP contribution is 2.18. The molecule has 1 atom stereocenters. The van der Waals surface area contributed by atoms with Gasteiger partial charge in [-0.05, 0) is 19.8 Å². The summed E-state index contributed by atoms with van der Waals surface area (Å²) in [6, 6.07) is -0.0982. The van der Waals surface area contributed by atoms with Gasteiger partial charge in [0.15, 0.2) is 5.76 Å². The van der Waals surface area contributed by atoms with E-state index in [0.29, 0.717) is 6.04 Å².